The van der Waals surface area contributed by atoms with Crippen molar-refractivity contribution in [3.63, 3.8) is 0 Å². The molecule has 1 aromatic heterocycles. The number of esters is 1. The minimum Gasteiger partial charge on any atom is -0.493 e. The molecule has 0 spiro atoms. The summed E-state index contributed by atoms with van der Waals surface area (Å²) in [7, 11) is -2.37. The van der Waals surface area contributed by atoms with Gasteiger partial charge in [-0.3, -0.25) is 9.59 Å². The third-order valence-electron chi connectivity index (χ3n) is 3.97. The monoisotopic (exact) mass is 439 g/mol. The van der Waals surface area contributed by atoms with Gasteiger partial charge >= 0.3 is 16.1 Å². The van der Waals surface area contributed by atoms with E-state index >= 15 is 0 Å². The second-order valence-corrected chi connectivity index (χ2v) is 7.98. The molecule has 0 unspecified atom stereocenters. The zero-order valence-electron chi connectivity index (χ0n) is 17.1. The minimum atomic E-state index is -3.76. The van der Waals surface area contributed by atoms with Crippen LogP contribution in [0.2, 0.25) is 0 Å². The predicted octanol–water partition coefficient (Wildman–Crippen LogP) is 2.50. The molecule has 0 bridgehead atoms. The van der Waals surface area contributed by atoms with E-state index in [2.05, 4.69) is 0 Å². The molecule has 1 aromatic carbocycles. The zero-order chi connectivity index (χ0) is 22.1. The molecule has 2 aromatic rings. The van der Waals surface area contributed by atoms with Gasteiger partial charge in [-0.25, -0.2) is 0 Å². The molecule has 0 N–H and O–H groups in total. The van der Waals surface area contributed by atoms with E-state index in [0.717, 1.165) is 6.26 Å². The molecule has 1 amide bonds. The van der Waals surface area contributed by atoms with Crippen LogP contribution in [0.4, 0.5) is 0 Å². The van der Waals surface area contributed by atoms with Crippen molar-refractivity contribution < 1.29 is 36.1 Å². The van der Waals surface area contributed by atoms with E-state index in [1.807, 2.05) is 0 Å². The summed E-state index contributed by atoms with van der Waals surface area (Å²) < 4.78 is 43.4. The summed E-state index contributed by atoms with van der Waals surface area (Å²) in [4.78, 5) is 25.8. The fraction of sp³-hybridized carbons (Fsp3) is 0.400. The van der Waals surface area contributed by atoms with Crippen LogP contribution in [0.25, 0.3) is 0 Å². The van der Waals surface area contributed by atoms with Crippen LogP contribution in [-0.2, 0) is 37.5 Å². The molecule has 30 heavy (non-hydrogen) atoms. The van der Waals surface area contributed by atoms with E-state index < -0.39 is 16.1 Å². The van der Waals surface area contributed by atoms with Gasteiger partial charge in [-0.1, -0.05) is 6.07 Å². The Hall–Kier alpha value is -3.01. The number of ether oxygens (including phenoxy) is 2. The van der Waals surface area contributed by atoms with Crippen LogP contribution in [0.1, 0.15) is 31.1 Å². The molecule has 0 atom stereocenters. The number of hydrogen-bond acceptors (Lipinski definition) is 8. The maximum Gasteiger partial charge on any atom is 0.306 e. The number of furan rings is 1. The van der Waals surface area contributed by atoms with Gasteiger partial charge in [0.05, 0.1) is 39.2 Å². The minimum absolute atomic E-state index is 0.0226. The molecule has 0 fully saturated rings. The molecule has 0 saturated carbocycles. The van der Waals surface area contributed by atoms with Crippen molar-refractivity contribution in [2.75, 3.05) is 20.0 Å². The van der Waals surface area contributed by atoms with Crippen LogP contribution in [0.15, 0.2) is 41.0 Å². The van der Waals surface area contributed by atoms with Crippen LogP contribution < -0.4 is 8.92 Å². The Kier molecular flexibility index (Phi) is 8.28. The molecule has 0 radical (unpaired) electrons. The Balaban J connectivity index is 2.21. The first-order chi connectivity index (χ1) is 14.2. The fourth-order valence-electron chi connectivity index (χ4n) is 2.69. The third-order valence-corrected chi connectivity index (χ3v) is 4.45. The number of rotatable bonds is 11. The van der Waals surface area contributed by atoms with Gasteiger partial charge in [0.1, 0.15) is 5.76 Å². The van der Waals surface area contributed by atoms with Crippen molar-refractivity contribution in [2.24, 2.45) is 0 Å². The van der Waals surface area contributed by atoms with Crippen LogP contribution >= 0.6 is 0 Å². The molecular formula is C20H25NO8S. The van der Waals surface area contributed by atoms with Gasteiger partial charge in [0.2, 0.25) is 5.91 Å². The molecule has 1 heterocycles. The molecule has 0 aliphatic rings. The average molecular weight is 439 g/mol. The van der Waals surface area contributed by atoms with Gasteiger partial charge in [-0.2, -0.15) is 8.42 Å². The highest BCUT2D eigenvalue weighted by atomic mass is 32.2. The highest BCUT2D eigenvalue weighted by molar-refractivity contribution is 7.86. The van der Waals surface area contributed by atoms with Gasteiger partial charge in [-0.05, 0) is 36.8 Å². The van der Waals surface area contributed by atoms with Crippen LogP contribution in [0, 0.1) is 0 Å². The Morgan fingerprint density at radius 2 is 1.87 bits per heavy atom. The van der Waals surface area contributed by atoms with E-state index in [1.54, 1.807) is 31.2 Å². The van der Waals surface area contributed by atoms with E-state index in [9.17, 15) is 18.0 Å². The summed E-state index contributed by atoms with van der Waals surface area (Å²) in [6.07, 6.45) is 2.37. The SMILES string of the molecule is CCOC(=O)CCC(=O)N(Cc1ccc(OC)c(OS(C)(=O)=O)c1)Cc1ccco1. The van der Waals surface area contributed by atoms with Gasteiger partial charge < -0.3 is 23.0 Å². The van der Waals surface area contributed by atoms with Crippen molar-refractivity contribution in [1.82, 2.24) is 4.90 Å². The Morgan fingerprint density at radius 1 is 1.10 bits per heavy atom. The quantitative estimate of drug-likeness (QED) is 0.388. The summed E-state index contributed by atoms with van der Waals surface area (Å²) >= 11 is 0. The van der Waals surface area contributed by atoms with Gasteiger partial charge in [0, 0.05) is 13.0 Å². The Bertz CT molecular complexity index is 953. The van der Waals surface area contributed by atoms with Crippen LogP contribution in [0.5, 0.6) is 11.5 Å². The third kappa shape index (κ3) is 7.43. The summed E-state index contributed by atoms with van der Waals surface area (Å²) in [6.45, 7) is 2.27. The number of hydrogen-bond donors (Lipinski definition) is 0. The van der Waals surface area contributed by atoms with Crippen molar-refractivity contribution >= 4 is 22.0 Å². The molecule has 9 nitrogen and oxygen atoms in total. The van der Waals surface area contributed by atoms with Crippen molar-refractivity contribution in [3.8, 4) is 11.5 Å². The Labute approximate surface area is 175 Å². The second-order valence-electron chi connectivity index (χ2n) is 6.41. The largest absolute Gasteiger partial charge is 0.493 e. The fourth-order valence-corrected chi connectivity index (χ4v) is 3.15. The van der Waals surface area contributed by atoms with E-state index in [-0.39, 0.29) is 49.9 Å². The lowest BCUT2D eigenvalue weighted by Gasteiger charge is -2.22. The van der Waals surface area contributed by atoms with E-state index in [4.69, 9.17) is 18.1 Å². The van der Waals surface area contributed by atoms with Crippen molar-refractivity contribution in [1.29, 1.82) is 0 Å². The summed E-state index contributed by atoms with van der Waals surface area (Å²) in [5.74, 6) is 0.114. The van der Waals surface area contributed by atoms with E-state index in [1.165, 1.54) is 24.3 Å². The maximum absolute atomic E-state index is 12.7. The molecule has 164 valence electrons. The second kappa shape index (κ2) is 10.7. The highest BCUT2D eigenvalue weighted by Crippen LogP contribution is 2.30. The van der Waals surface area contributed by atoms with E-state index in [0.29, 0.717) is 11.3 Å². The van der Waals surface area contributed by atoms with Gasteiger partial charge in [-0.15, -0.1) is 0 Å². The first kappa shape index (κ1) is 23.3. The standard InChI is InChI=1S/C20H25NO8S/c1-4-27-20(23)10-9-19(22)21(14-16-6-5-11-28-16)13-15-7-8-17(26-2)18(12-15)29-30(3,24)25/h5-8,11-12H,4,9-10,13-14H2,1-3H3. The number of carbonyl (C=O) groups excluding carboxylic acids is 2. The molecule has 2 rings (SSSR count). The first-order valence-corrected chi connectivity index (χ1v) is 11.1. The lowest BCUT2D eigenvalue weighted by Crippen LogP contribution is -2.30. The normalized spacial score (nSPS) is 11.0. The topological polar surface area (TPSA) is 112 Å². The number of nitrogens with zero attached hydrogens (tertiary/aromatic N) is 1. The number of benzene rings is 1. The number of amides is 1. The van der Waals surface area contributed by atoms with Crippen LogP contribution in [-0.4, -0.2) is 45.2 Å². The Morgan fingerprint density at radius 3 is 2.47 bits per heavy atom. The average Bonchev–Trinajstić information content (AvgIpc) is 3.18. The maximum atomic E-state index is 12.7. The predicted molar refractivity (Wildman–Crippen MR) is 107 cm³/mol. The molecule has 0 aliphatic heterocycles. The smallest absolute Gasteiger partial charge is 0.306 e. The highest BCUT2D eigenvalue weighted by Gasteiger charge is 2.19. The molecular weight excluding hydrogens is 414 g/mol. The number of carbonyl (C=O) groups is 2. The summed E-state index contributed by atoms with van der Waals surface area (Å²) in [6, 6.07) is 8.19. The summed E-state index contributed by atoms with van der Waals surface area (Å²) in [5.41, 5.74) is 0.616. The molecule has 0 aliphatic carbocycles. The first-order valence-electron chi connectivity index (χ1n) is 9.24. The van der Waals surface area contributed by atoms with Crippen molar-refractivity contribution in [2.45, 2.75) is 32.9 Å². The summed E-state index contributed by atoms with van der Waals surface area (Å²) in [5, 5.41) is 0. The molecule has 0 saturated heterocycles. The molecule has 10 heteroatoms. The lowest BCUT2D eigenvalue weighted by atomic mass is 10.1. The van der Waals surface area contributed by atoms with Crippen molar-refractivity contribution in [3.05, 3.63) is 47.9 Å². The van der Waals surface area contributed by atoms with Gasteiger partial charge in [0.25, 0.3) is 0 Å². The van der Waals surface area contributed by atoms with Crippen LogP contribution in [0.3, 0.4) is 0 Å². The zero-order valence-corrected chi connectivity index (χ0v) is 17.9. The van der Waals surface area contributed by atoms with Gasteiger partial charge in [0.15, 0.2) is 11.5 Å². The lowest BCUT2D eigenvalue weighted by molar-refractivity contribution is -0.146. The number of methoxy groups -OCH3 is 1.